The van der Waals surface area contributed by atoms with Crippen molar-refractivity contribution >= 4 is 21.5 Å². The van der Waals surface area contributed by atoms with Crippen molar-refractivity contribution < 1.29 is 8.42 Å². The Morgan fingerprint density at radius 2 is 1.94 bits per heavy atom. The van der Waals surface area contributed by atoms with Crippen molar-refractivity contribution in [1.29, 1.82) is 0 Å². The van der Waals surface area contributed by atoms with Gasteiger partial charge in [0, 0.05) is 13.1 Å². The number of rotatable bonds is 4. The number of nitrogens with zero attached hydrogens (tertiary/aromatic N) is 2. The predicted octanol–water partition coefficient (Wildman–Crippen LogP) is 1.83. The van der Waals surface area contributed by atoms with Crippen molar-refractivity contribution in [3.05, 3.63) is 18.3 Å². The van der Waals surface area contributed by atoms with Crippen LogP contribution in [0.1, 0.15) is 26.7 Å². The topological polar surface area (TPSA) is 62.3 Å². The summed E-state index contributed by atoms with van der Waals surface area (Å²) in [4.78, 5) is 6.51. The van der Waals surface area contributed by atoms with Gasteiger partial charge < -0.3 is 4.90 Å². The van der Waals surface area contributed by atoms with Crippen LogP contribution >= 0.6 is 0 Å². The molecule has 1 aliphatic rings. The zero-order chi connectivity index (χ0) is 13.2. The predicted molar refractivity (Wildman–Crippen MR) is 73.4 cm³/mol. The van der Waals surface area contributed by atoms with E-state index in [1.165, 1.54) is 12.8 Å². The van der Waals surface area contributed by atoms with Gasteiger partial charge in [-0.1, -0.05) is 0 Å². The molecule has 2 heterocycles. The van der Waals surface area contributed by atoms with Gasteiger partial charge in [-0.25, -0.2) is 13.4 Å². The summed E-state index contributed by atoms with van der Waals surface area (Å²) in [5, 5.41) is -0.448. The lowest BCUT2D eigenvalue weighted by Crippen LogP contribution is -2.23. The Kier molecular flexibility index (Phi) is 3.75. The average molecular weight is 269 g/mol. The van der Waals surface area contributed by atoms with E-state index in [4.69, 9.17) is 0 Å². The van der Waals surface area contributed by atoms with E-state index in [0.29, 0.717) is 5.69 Å². The van der Waals surface area contributed by atoms with Crippen LogP contribution in [0, 0.1) is 0 Å². The normalized spacial score (nSPS) is 16.3. The van der Waals surface area contributed by atoms with Crippen LogP contribution in [0.25, 0.3) is 0 Å². The second kappa shape index (κ2) is 5.14. The van der Waals surface area contributed by atoms with Gasteiger partial charge in [0.05, 0.1) is 17.1 Å². The number of hydrogen-bond donors (Lipinski definition) is 1. The van der Waals surface area contributed by atoms with Crippen molar-refractivity contribution in [3.63, 3.8) is 0 Å². The molecule has 1 N–H and O–H groups in total. The zero-order valence-corrected chi connectivity index (χ0v) is 11.6. The molecule has 0 saturated carbocycles. The molecular weight excluding hydrogens is 250 g/mol. The minimum Gasteiger partial charge on any atom is -0.357 e. The van der Waals surface area contributed by atoms with E-state index in [2.05, 4.69) is 14.6 Å². The first-order valence-corrected chi connectivity index (χ1v) is 7.76. The number of sulfonamides is 1. The van der Waals surface area contributed by atoms with Gasteiger partial charge in [-0.3, -0.25) is 4.72 Å². The van der Waals surface area contributed by atoms with Gasteiger partial charge in [0.25, 0.3) is 0 Å². The van der Waals surface area contributed by atoms with Gasteiger partial charge in [0.15, 0.2) is 0 Å². The van der Waals surface area contributed by atoms with Crippen LogP contribution in [-0.2, 0) is 10.0 Å². The van der Waals surface area contributed by atoms with Gasteiger partial charge in [-0.05, 0) is 38.8 Å². The Hall–Kier alpha value is -1.30. The number of hydrogen-bond acceptors (Lipinski definition) is 4. The van der Waals surface area contributed by atoms with Crippen LogP contribution in [0.15, 0.2) is 18.3 Å². The number of pyridine rings is 1. The van der Waals surface area contributed by atoms with Crippen LogP contribution in [0.5, 0.6) is 0 Å². The van der Waals surface area contributed by atoms with E-state index in [9.17, 15) is 8.42 Å². The summed E-state index contributed by atoms with van der Waals surface area (Å²) >= 11 is 0. The van der Waals surface area contributed by atoms with Gasteiger partial charge >= 0.3 is 0 Å². The fourth-order valence-electron chi connectivity index (χ4n) is 1.86. The molecule has 1 aromatic heterocycles. The van der Waals surface area contributed by atoms with Crippen LogP contribution in [0.4, 0.5) is 11.5 Å². The molecule has 0 atom stereocenters. The monoisotopic (exact) mass is 269 g/mol. The molecule has 0 aromatic carbocycles. The summed E-state index contributed by atoms with van der Waals surface area (Å²) in [5.74, 6) is 0.917. The molecule has 1 aromatic rings. The summed E-state index contributed by atoms with van der Waals surface area (Å²) in [6.07, 6.45) is 3.97. The van der Waals surface area contributed by atoms with Crippen molar-refractivity contribution in [2.24, 2.45) is 0 Å². The highest BCUT2D eigenvalue weighted by Crippen LogP contribution is 2.19. The summed E-state index contributed by atoms with van der Waals surface area (Å²) in [6.45, 7) is 5.36. The third-order valence-corrected chi connectivity index (χ3v) is 4.82. The Bertz CT molecular complexity index is 491. The molecule has 0 bridgehead atoms. The molecule has 0 spiro atoms. The molecule has 6 heteroatoms. The fraction of sp³-hybridized carbons (Fsp3) is 0.583. The molecule has 100 valence electrons. The Balaban J connectivity index is 2.08. The lowest BCUT2D eigenvalue weighted by atomic mass is 10.4. The van der Waals surface area contributed by atoms with E-state index in [-0.39, 0.29) is 0 Å². The third kappa shape index (κ3) is 2.93. The van der Waals surface area contributed by atoms with E-state index < -0.39 is 15.3 Å². The van der Waals surface area contributed by atoms with Crippen molar-refractivity contribution in [3.8, 4) is 0 Å². The highest BCUT2D eigenvalue weighted by molar-refractivity contribution is 7.93. The van der Waals surface area contributed by atoms with E-state index >= 15 is 0 Å². The molecule has 0 aliphatic carbocycles. The molecule has 18 heavy (non-hydrogen) atoms. The molecule has 1 aliphatic heterocycles. The van der Waals surface area contributed by atoms with Crippen molar-refractivity contribution in [2.45, 2.75) is 31.9 Å². The van der Waals surface area contributed by atoms with Crippen molar-refractivity contribution in [1.82, 2.24) is 4.98 Å². The van der Waals surface area contributed by atoms with Crippen LogP contribution in [0.3, 0.4) is 0 Å². The second-order valence-corrected chi connectivity index (χ2v) is 7.03. The molecule has 2 rings (SSSR count). The van der Waals surface area contributed by atoms with Crippen molar-refractivity contribution in [2.75, 3.05) is 22.7 Å². The minimum absolute atomic E-state index is 0.448. The average Bonchev–Trinajstić information content (AvgIpc) is 2.83. The summed E-state index contributed by atoms with van der Waals surface area (Å²) in [6, 6.07) is 3.63. The fourth-order valence-corrected chi connectivity index (χ4v) is 2.55. The minimum atomic E-state index is -3.29. The SMILES string of the molecule is CC(C)S(=O)(=O)Nc1ccc(N2CCCC2)nc1. The Morgan fingerprint density at radius 1 is 1.28 bits per heavy atom. The molecule has 0 unspecified atom stereocenters. The molecular formula is C12H19N3O2S. The van der Waals surface area contributed by atoms with Gasteiger partial charge in [0.1, 0.15) is 5.82 Å². The highest BCUT2D eigenvalue weighted by atomic mass is 32.2. The standard InChI is InChI=1S/C12H19N3O2S/c1-10(2)18(16,17)14-11-5-6-12(13-9-11)15-7-3-4-8-15/h5-6,9-10,14H,3-4,7-8H2,1-2H3. The maximum atomic E-state index is 11.7. The molecule has 0 amide bonds. The van der Waals surface area contributed by atoms with Crippen LogP contribution in [0.2, 0.25) is 0 Å². The van der Waals surface area contributed by atoms with Gasteiger partial charge in [-0.2, -0.15) is 0 Å². The first kappa shape index (κ1) is 13.1. The Labute approximate surface area is 108 Å². The lowest BCUT2D eigenvalue weighted by Gasteiger charge is -2.16. The number of anilines is 2. The third-order valence-electron chi connectivity index (χ3n) is 3.06. The van der Waals surface area contributed by atoms with E-state index in [1.807, 2.05) is 6.07 Å². The largest absolute Gasteiger partial charge is 0.357 e. The van der Waals surface area contributed by atoms with Crippen LogP contribution in [-0.4, -0.2) is 31.7 Å². The highest BCUT2D eigenvalue weighted by Gasteiger charge is 2.17. The summed E-state index contributed by atoms with van der Waals surface area (Å²) in [7, 11) is -3.29. The molecule has 5 nitrogen and oxygen atoms in total. The first-order valence-electron chi connectivity index (χ1n) is 6.22. The summed E-state index contributed by atoms with van der Waals surface area (Å²) in [5.41, 5.74) is 0.520. The maximum Gasteiger partial charge on any atom is 0.235 e. The quantitative estimate of drug-likeness (QED) is 0.906. The maximum absolute atomic E-state index is 11.7. The second-order valence-electron chi connectivity index (χ2n) is 4.80. The first-order chi connectivity index (χ1) is 8.49. The zero-order valence-electron chi connectivity index (χ0n) is 10.8. The van der Waals surface area contributed by atoms with E-state index in [1.54, 1.807) is 26.1 Å². The van der Waals surface area contributed by atoms with Crippen LogP contribution < -0.4 is 9.62 Å². The molecule has 1 fully saturated rings. The molecule has 1 saturated heterocycles. The number of nitrogens with one attached hydrogen (secondary N) is 1. The lowest BCUT2D eigenvalue weighted by molar-refractivity contribution is 0.593. The van der Waals surface area contributed by atoms with E-state index in [0.717, 1.165) is 18.9 Å². The van der Waals surface area contributed by atoms with Gasteiger partial charge in [-0.15, -0.1) is 0 Å². The Morgan fingerprint density at radius 3 is 2.44 bits per heavy atom. The smallest absolute Gasteiger partial charge is 0.235 e. The van der Waals surface area contributed by atoms with Gasteiger partial charge in [0.2, 0.25) is 10.0 Å². The number of aromatic nitrogens is 1. The summed E-state index contributed by atoms with van der Waals surface area (Å²) < 4.78 is 25.9. The molecule has 0 radical (unpaired) electrons.